The number of ether oxygens (including phenoxy) is 2. The van der Waals surface area contributed by atoms with Crippen molar-refractivity contribution in [3.63, 3.8) is 0 Å². The molecule has 78 valence electrons. The lowest BCUT2D eigenvalue weighted by Crippen LogP contribution is -2.43. The number of likely N-dealkylation sites (N-methyl/N-ethyl adjacent to an activating group) is 1. The van der Waals surface area contributed by atoms with Crippen molar-refractivity contribution >= 4 is 0 Å². The number of nitrogens with one attached hydrogen (secondary N) is 1. The third-order valence-corrected chi connectivity index (χ3v) is 2.63. The number of methoxy groups -OCH3 is 1. The lowest BCUT2D eigenvalue weighted by molar-refractivity contribution is 0.0146. The van der Waals surface area contributed by atoms with E-state index in [0.717, 1.165) is 19.1 Å². The first-order valence-corrected chi connectivity index (χ1v) is 5.11. The van der Waals surface area contributed by atoms with Gasteiger partial charge in [-0.1, -0.05) is 0 Å². The Labute approximate surface area is 80.8 Å². The molecule has 1 aliphatic rings. The highest BCUT2D eigenvalue weighted by molar-refractivity contribution is 4.89. The van der Waals surface area contributed by atoms with Crippen molar-refractivity contribution in [1.82, 2.24) is 5.32 Å². The quantitative estimate of drug-likeness (QED) is 0.646. The molecular weight excluding hydrogens is 166 g/mol. The molecule has 0 aromatic heterocycles. The van der Waals surface area contributed by atoms with Gasteiger partial charge in [0.2, 0.25) is 0 Å². The van der Waals surface area contributed by atoms with Crippen LogP contribution in [0.4, 0.5) is 0 Å². The third kappa shape index (κ3) is 3.25. The van der Waals surface area contributed by atoms with E-state index in [9.17, 15) is 0 Å². The van der Waals surface area contributed by atoms with Gasteiger partial charge in [-0.25, -0.2) is 0 Å². The molecule has 0 radical (unpaired) electrons. The minimum Gasteiger partial charge on any atom is -0.380 e. The van der Waals surface area contributed by atoms with Crippen molar-refractivity contribution < 1.29 is 9.47 Å². The van der Waals surface area contributed by atoms with E-state index in [4.69, 9.17) is 9.47 Å². The summed E-state index contributed by atoms with van der Waals surface area (Å²) in [6, 6.07) is 0.345. The number of hydrogen-bond donors (Lipinski definition) is 1. The third-order valence-electron chi connectivity index (χ3n) is 2.63. The van der Waals surface area contributed by atoms with Crippen LogP contribution in [0.2, 0.25) is 0 Å². The van der Waals surface area contributed by atoms with Gasteiger partial charge in [-0.05, 0) is 32.7 Å². The van der Waals surface area contributed by atoms with Gasteiger partial charge in [0.05, 0.1) is 18.8 Å². The molecule has 0 aliphatic heterocycles. The van der Waals surface area contributed by atoms with Crippen LogP contribution >= 0.6 is 0 Å². The van der Waals surface area contributed by atoms with Crippen LogP contribution in [0, 0.1) is 5.92 Å². The Hall–Kier alpha value is -0.120. The van der Waals surface area contributed by atoms with E-state index in [0.29, 0.717) is 12.1 Å². The average Bonchev–Trinajstić information content (AvgIpc) is 2.95. The Kier molecular flexibility index (Phi) is 4.70. The summed E-state index contributed by atoms with van der Waals surface area (Å²) in [7, 11) is 3.76. The summed E-state index contributed by atoms with van der Waals surface area (Å²) in [5, 5.41) is 3.26. The molecule has 1 fully saturated rings. The van der Waals surface area contributed by atoms with Crippen LogP contribution in [-0.2, 0) is 9.47 Å². The highest BCUT2D eigenvalue weighted by atomic mass is 16.5. The van der Waals surface area contributed by atoms with E-state index in [1.165, 1.54) is 12.8 Å². The normalized spacial score (nSPS) is 21.5. The Morgan fingerprint density at radius 1 is 1.46 bits per heavy atom. The van der Waals surface area contributed by atoms with Gasteiger partial charge in [-0.15, -0.1) is 0 Å². The first-order valence-electron chi connectivity index (χ1n) is 5.11. The zero-order chi connectivity index (χ0) is 9.68. The second-order valence-corrected chi connectivity index (χ2v) is 3.59. The molecule has 0 aromatic carbocycles. The molecule has 1 aliphatic carbocycles. The average molecular weight is 187 g/mol. The van der Waals surface area contributed by atoms with Gasteiger partial charge >= 0.3 is 0 Å². The standard InChI is InChI=1S/C10H21NO2/c1-4-13-7-9(11-2)10(12-3)8-5-6-8/h8-11H,4-7H2,1-3H3. The molecule has 0 saturated heterocycles. The summed E-state index contributed by atoms with van der Waals surface area (Å²) < 4.78 is 10.9. The van der Waals surface area contributed by atoms with Gasteiger partial charge in [0.25, 0.3) is 0 Å². The molecule has 0 amide bonds. The van der Waals surface area contributed by atoms with Crippen LogP contribution in [0.25, 0.3) is 0 Å². The van der Waals surface area contributed by atoms with E-state index in [1.807, 2.05) is 14.0 Å². The van der Waals surface area contributed by atoms with Crippen molar-refractivity contribution in [2.24, 2.45) is 5.92 Å². The monoisotopic (exact) mass is 187 g/mol. The van der Waals surface area contributed by atoms with Crippen molar-refractivity contribution in [3.8, 4) is 0 Å². The van der Waals surface area contributed by atoms with Gasteiger partial charge in [-0.2, -0.15) is 0 Å². The topological polar surface area (TPSA) is 30.5 Å². The van der Waals surface area contributed by atoms with Gasteiger partial charge in [0.15, 0.2) is 0 Å². The summed E-state index contributed by atoms with van der Waals surface area (Å²) >= 11 is 0. The maximum atomic E-state index is 5.48. The Bertz CT molecular complexity index is 137. The van der Waals surface area contributed by atoms with Crippen LogP contribution in [0.5, 0.6) is 0 Å². The highest BCUT2D eigenvalue weighted by Gasteiger charge is 2.36. The van der Waals surface area contributed by atoms with Gasteiger partial charge in [0, 0.05) is 13.7 Å². The lowest BCUT2D eigenvalue weighted by Gasteiger charge is -2.25. The number of hydrogen-bond acceptors (Lipinski definition) is 3. The zero-order valence-electron chi connectivity index (χ0n) is 8.88. The fraction of sp³-hybridized carbons (Fsp3) is 1.00. The van der Waals surface area contributed by atoms with Gasteiger partial charge in [0.1, 0.15) is 0 Å². The maximum absolute atomic E-state index is 5.48. The minimum atomic E-state index is 0.330. The van der Waals surface area contributed by atoms with Crippen molar-refractivity contribution in [3.05, 3.63) is 0 Å². The predicted molar refractivity (Wildman–Crippen MR) is 52.9 cm³/mol. The molecule has 2 atom stereocenters. The second-order valence-electron chi connectivity index (χ2n) is 3.59. The Balaban J connectivity index is 2.32. The predicted octanol–water partition coefficient (Wildman–Crippen LogP) is 1.04. The van der Waals surface area contributed by atoms with E-state index in [-0.39, 0.29) is 0 Å². The molecule has 1 N–H and O–H groups in total. The van der Waals surface area contributed by atoms with E-state index in [2.05, 4.69) is 5.32 Å². The number of rotatable bonds is 7. The van der Waals surface area contributed by atoms with Crippen molar-refractivity contribution in [2.75, 3.05) is 27.4 Å². The van der Waals surface area contributed by atoms with Crippen molar-refractivity contribution in [1.29, 1.82) is 0 Å². The first-order chi connectivity index (χ1) is 6.33. The van der Waals surface area contributed by atoms with Crippen molar-refractivity contribution in [2.45, 2.75) is 31.9 Å². The highest BCUT2D eigenvalue weighted by Crippen LogP contribution is 2.35. The molecule has 3 nitrogen and oxygen atoms in total. The summed E-state index contributed by atoms with van der Waals surface area (Å²) in [5.74, 6) is 0.753. The minimum absolute atomic E-state index is 0.330. The summed E-state index contributed by atoms with van der Waals surface area (Å²) in [6.45, 7) is 3.55. The van der Waals surface area contributed by atoms with Crippen LogP contribution < -0.4 is 5.32 Å². The maximum Gasteiger partial charge on any atom is 0.0774 e. The molecule has 13 heavy (non-hydrogen) atoms. The van der Waals surface area contributed by atoms with Crippen LogP contribution in [0.3, 0.4) is 0 Å². The summed E-state index contributed by atoms with van der Waals surface area (Å²) in [6.07, 6.45) is 2.95. The zero-order valence-corrected chi connectivity index (χ0v) is 8.88. The lowest BCUT2D eigenvalue weighted by atomic mass is 10.1. The van der Waals surface area contributed by atoms with E-state index < -0.39 is 0 Å². The summed E-state index contributed by atoms with van der Waals surface area (Å²) in [4.78, 5) is 0. The SMILES string of the molecule is CCOCC(NC)C(OC)C1CC1. The molecule has 3 heteroatoms. The largest absolute Gasteiger partial charge is 0.380 e. The van der Waals surface area contributed by atoms with Crippen LogP contribution in [-0.4, -0.2) is 39.5 Å². The smallest absolute Gasteiger partial charge is 0.0774 e. The molecule has 0 spiro atoms. The van der Waals surface area contributed by atoms with Crippen LogP contribution in [0.1, 0.15) is 19.8 Å². The van der Waals surface area contributed by atoms with Gasteiger partial charge < -0.3 is 14.8 Å². The molecule has 1 rings (SSSR count). The fourth-order valence-electron chi connectivity index (χ4n) is 1.70. The van der Waals surface area contributed by atoms with Crippen LogP contribution in [0.15, 0.2) is 0 Å². The Morgan fingerprint density at radius 3 is 2.54 bits per heavy atom. The first kappa shape index (κ1) is 11.0. The molecular formula is C10H21NO2. The second kappa shape index (κ2) is 5.58. The fourth-order valence-corrected chi connectivity index (χ4v) is 1.70. The summed E-state index contributed by atoms with van der Waals surface area (Å²) in [5.41, 5.74) is 0. The molecule has 1 saturated carbocycles. The Morgan fingerprint density at radius 2 is 2.15 bits per heavy atom. The molecule has 0 aromatic rings. The van der Waals surface area contributed by atoms with E-state index >= 15 is 0 Å². The molecule has 2 unspecified atom stereocenters. The molecule has 0 heterocycles. The molecule has 0 bridgehead atoms. The van der Waals surface area contributed by atoms with E-state index in [1.54, 1.807) is 7.11 Å². The van der Waals surface area contributed by atoms with Gasteiger partial charge in [-0.3, -0.25) is 0 Å².